The maximum Gasteiger partial charge on any atom is 0.123 e. The summed E-state index contributed by atoms with van der Waals surface area (Å²) in [7, 11) is 0. The molecule has 156 valence electrons. The molecule has 3 heterocycles. The Hall–Kier alpha value is -3.02. The number of rotatable bonds is 6. The molecular formula is C25H21ClFN3O. The first-order chi connectivity index (χ1) is 15.2. The Balaban J connectivity index is 1.46. The summed E-state index contributed by atoms with van der Waals surface area (Å²) in [5.74, 6) is 0.778. The van der Waals surface area contributed by atoms with Gasteiger partial charge in [0.25, 0.3) is 0 Å². The molecule has 6 heteroatoms. The number of hydrogen-bond donors (Lipinski definition) is 0. The van der Waals surface area contributed by atoms with Crippen molar-refractivity contribution in [3.63, 3.8) is 0 Å². The second-order valence-electron chi connectivity index (χ2n) is 7.67. The quantitative estimate of drug-likeness (QED) is 0.368. The Labute approximate surface area is 185 Å². The van der Waals surface area contributed by atoms with Crippen molar-refractivity contribution < 1.29 is 9.13 Å². The molecule has 2 aromatic heterocycles. The average molecular weight is 434 g/mol. The molecule has 0 saturated heterocycles. The molecule has 5 rings (SSSR count). The third-order valence-corrected chi connectivity index (χ3v) is 5.87. The van der Waals surface area contributed by atoms with Crippen LogP contribution in [-0.4, -0.2) is 21.1 Å². The highest BCUT2D eigenvalue weighted by Gasteiger charge is 2.30. The topological polar surface area (TPSA) is 39.9 Å². The summed E-state index contributed by atoms with van der Waals surface area (Å²) in [4.78, 5) is 9.10. The Morgan fingerprint density at radius 3 is 2.45 bits per heavy atom. The number of imidazole rings is 1. The third-order valence-electron chi connectivity index (χ3n) is 5.61. The van der Waals surface area contributed by atoms with E-state index in [-0.39, 0.29) is 11.9 Å². The van der Waals surface area contributed by atoms with Gasteiger partial charge in [0.05, 0.1) is 30.6 Å². The third kappa shape index (κ3) is 4.11. The van der Waals surface area contributed by atoms with Gasteiger partial charge in [-0.1, -0.05) is 23.7 Å². The van der Waals surface area contributed by atoms with Gasteiger partial charge in [0, 0.05) is 35.0 Å². The molecule has 0 radical (unpaired) electrons. The summed E-state index contributed by atoms with van der Waals surface area (Å²) in [5, 5.41) is 0.720. The summed E-state index contributed by atoms with van der Waals surface area (Å²) in [6, 6.07) is 18.4. The van der Waals surface area contributed by atoms with Gasteiger partial charge in [-0.15, -0.1) is 0 Å². The van der Waals surface area contributed by atoms with E-state index in [2.05, 4.69) is 9.55 Å². The average Bonchev–Trinajstić information content (AvgIpc) is 3.36. The van der Waals surface area contributed by atoms with Crippen molar-refractivity contribution in [1.29, 1.82) is 0 Å². The second-order valence-corrected chi connectivity index (χ2v) is 8.11. The van der Waals surface area contributed by atoms with E-state index in [0.29, 0.717) is 13.2 Å². The zero-order chi connectivity index (χ0) is 21.2. The van der Waals surface area contributed by atoms with Crippen molar-refractivity contribution in [3.8, 4) is 22.5 Å². The molecule has 1 aliphatic heterocycles. The van der Waals surface area contributed by atoms with E-state index in [1.54, 1.807) is 24.5 Å². The Morgan fingerprint density at radius 2 is 1.71 bits per heavy atom. The van der Waals surface area contributed by atoms with E-state index >= 15 is 0 Å². The van der Waals surface area contributed by atoms with Gasteiger partial charge in [0.2, 0.25) is 0 Å². The number of pyridine rings is 1. The van der Waals surface area contributed by atoms with Crippen LogP contribution >= 0.6 is 11.6 Å². The van der Waals surface area contributed by atoms with Crippen LogP contribution in [0.15, 0.2) is 73.1 Å². The molecular weight excluding hydrogens is 413 g/mol. The summed E-state index contributed by atoms with van der Waals surface area (Å²) < 4.78 is 21.8. The Morgan fingerprint density at radius 1 is 0.968 bits per heavy atom. The van der Waals surface area contributed by atoms with E-state index in [1.807, 2.05) is 36.4 Å². The van der Waals surface area contributed by atoms with Crippen LogP contribution in [0, 0.1) is 5.82 Å². The van der Waals surface area contributed by atoms with Gasteiger partial charge in [-0.3, -0.25) is 4.98 Å². The van der Waals surface area contributed by atoms with Crippen LogP contribution in [0.1, 0.15) is 23.9 Å². The zero-order valence-electron chi connectivity index (χ0n) is 16.8. The van der Waals surface area contributed by atoms with Crippen LogP contribution in [0.5, 0.6) is 0 Å². The SMILES string of the molecule is Fc1ccc(-c2nc3n(c2-c2ccncc2)[C@H](COCc2ccc(Cl)cc2)CC3)cc1. The Bertz CT molecular complexity index is 1170. The molecule has 0 saturated carbocycles. The van der Waals surface area contributed by atoms with Crippen LogP contribution in [-0.2, 0) is 17.8 Å². The molecule has 0 N–H and O–H groups in total. The lowest BCUT2D eigenvalue weighted by Gasteiger charge is -2.18. The van der Waals surface area contributed by atoms with Crippen molar-refractivity contribution in [3.05, 3.63) is 95.3 Å². The first-order valence-corrected chi connectivity index (χ1v) is 10.7. The van der Waals surface area contributed by atoms with Gasteiger partial charge in [0.1, 0.15) is 11.6 Å². The van der Waals surface area contributed by atoms with Crippen LogP contribution in [0.25, 0.3) is 22.5 Å². The molecule has 1 aliphatic rings. The van der Waals surface area contributed by atoms with E-state index in [0.717, 1.165) is 51.8 Å². The van der Waals surface area contributed by atoms with Crippen molar-refractivity contribution in [2.45, 2.75) is 25.5 Å². The molecule has 0 bridgehead atoms. The smallest absolute Gasteiger partial charge is 0.123 e. The maximum atomic E-state index is 13.5. The summed E-state index contributed by atoms with van der Waals surface area (Å²) in [5.41, 5.74) is 4.92. The van der Waals surface area contributed by atoms with Crippen LogP contribution in [0.4, 0.5) is 4.39 Å². The molecule has 0 spiro atoms. The van der Waals surface area contributed by atoms with Crippen LogP contribution < -0.4 is 0 Å². The van der Waals surface area contributed by atoms with Gasteiger partial charge >= 0.3 is 0 Å². The minimum absolute atomic E-state index is 0.187. The number of benzene rings is 2. The van der Waals surface area contributed by atoms with E-state index in [4.69, 9.17) is 21.3 Å². The molecule has 1 atom stereocenters. The van der Waals surface area contributed by atoms with Crippen molar-refractivity contribution in [2.24, 2.45) is 0 Å². The molecule has 0 fully saturated rings. The molecule has 2 aromatic carbocycles. The van der Waals surface area contributed by atoms with E-state index in [1.165, 1.54) is 12.1 Å². The van der Waals surface area contributed by atoms with E-state index in [9.17, 15) is 4.39 Å². The molecule has 4 aromatic rings. The number of ether oxygens (including phenoxy) is 1. The summed E-state index contributed by atoms with van der Waals surface area (Å²) >= 11 is 5.97. The van der Waals surface area contributed by atoms with Crippen LogP contribution in [0.3, 0.4) is 0 Å². The number of aryl methyl sites for hydroxylation is 1. The lowest BCUT2D eigenvalue weighted by molar-refractivity contribution is 0.0925. The second kappa shape index (κ2) is 8.61. The Kier molecular flexibility index (Phi) is 5.53. The molecule has 0 amide bonds. The predicted octanol–water partition coefficient (Wildman–Crippen LogP) is 6.11. The highest BCUT2D eigenvalue weighted by atomic mass is 35.5. The van der Waals surface area contributed by atoms with Crippen LogP contribution in [0.2, 0.25) is 5.02 Å². The highest BCUT2D eigenvalue weighted by molar-refractivity contribution is 6.30. The number of fused-ring (bicyclic) bond motifs is 1. The van der Waals surface area contributed by atoms with Gasteiger partial charge in [-0.2, -0.15) is 0 Å². The maximum absolute atomic E-state index is 13.5. The van der Waals surface area contributed by atoms with Crippen molar-refractivity contribution in [2.75, 3.05) is 6.61 Å². The summed E-state index contributed by atoms with van der Waals surface area (Å²) in [6.07, 6.45) is 5.43. The largest absolute Gasteiger partial charge is 0.375 e. The normalized spacial score (nSPS) is 15.2. The standard InChI is InChI=1S/C25H21ClFN3O/c26-20-5-1-17(2-6-20)15-31-16-22-9-10-23-29-24(18-3-7-21(27)8-4-18)25(30(22)23)19-11-13-28-14-12-19/h1-8,11-14,22H,9-10,15-16H2/t22-/m0/s1. The highest BCUT2D eigenvalue weighted by Crippen LogP contribution is 2.39. The molecule has 31 heavy (non-hydrogen) atoms. The lowest BCUT2D eigenvalue weighted by Crippen LogP contribution is -2.13. The minimum Gasteiger partial charge on any atom is -0.375 e. The fourth-order valence-corrected chi connectivity index (χ4v) is 4.25. The van der Waals surface area contributed by atoms with Gasteiger partial charge in [-0.05, 0) is 60.5 Å². The van der Waals surface area contributed by atoms with Crippen molar-refractivity contribution in [1.82, 2.24) is 14.5 Å². The zero-order valence-corrected chi connectivity index (χ0v) is 17.6. The van der Waals surface area contributed by atoms with Crippen molar-refractivity contribution >= 4 is 11.6 Å². The molecule has 0 aliphatic carbocycles. The summed E-state index contributed by atoms with van der Waals surface area (Å²) in [6.45, 7) is 1.13. The molecule has 0 unspecified atom stereocenters. The lowest BCUT2D eigenvalue weighted by atomic mass is 10.0. The van der Waals surface area contributed by atoms with Gasteiger partial charge in [-0.25, -0.2) is 9.37 Å². The fourth-order valence-electron chi connectivity index (χ4n) is 4.12. The predicted molar refractivity (Wildman–Crippen MR) is 119 cm³/mol. The minimum atomic E-state index is -0.255. The van der Waals surface area contributed by atoms with Gasteiger partial charge < -0.3 is 9.30 Å². The number of halogens is 2. The molecule has 4 nitrogen and oxygen atoms in total. The van der Waals surface area contributed by atoms with E-state index < -0.39 is 0 Å². The number of nitrogens with zero attached hydrogens (tertiary/aromatic N) is 3. The monoisotopic (exact) mass is 433 g/mol. The number of aromatic nitrogens is 3. The first kappa shape index (κ1) is 19.9. The number of hydrogen-bond acceptors (Lipinski definition) is 3. The first-order valence-electron chi connectivity index (χ1n) is 10.3. The van der Waals surface area contributed by atoms with Gasteiger partial charge in [0.15, 0.2) is 0 Å². The fraction of sp³-hybridized carbons (Fsp3) is 0.200.